The van der Waals surface area contributed by atoms with E-state index in [-0.39, 0.29) is 5.56 Å². The first-order valence-electron chi connectivity index (χ1n) is 4.07. The summed E-state index contributed by atoms with van der Waals surface area (Å²) in [6.45, 7) is 1.87. The number of pyridine rings is 1. The molecule has 2 rings (SSSR count). The maximum Gasteiger partial charge on any atom is 0.256 e. The largest absolute Gasteiger partial charge is 0.325 e. The molecule has 0 saturated carbocycles. The molecule has 4 heteroatoms. The van der Waals surface area contributed by atoms with Crippen LogP contribution in [0.1, 0.15) is 5.69 Å². The van der Waals surface area contributed by atoms with E-state index in [4.69, 9.17) is 0 Å². The molecule has 1 aromatic carbocycles. The second-order valence-electron chi connectivity index (χ2n) is 3.08. The molecule has 2 nitrogen and oxygen atoms in total. The van der Waals surface area contributed by atoms with Crippen molar-refractivity contribution >= 4 is 42.6 Å². The molecule has 72 valence electrons. The number of fused-ring (bicyclic) bond motifs is 1. The van der Waals surface area contributed by atoms with Gasteiger partial charge in [0.15, 0.2) is 0 Å². The summed E-state index contributed by atoms with van der Waals surface area (Å²) in [6.07, 6.45) is 0. The van der Waals surface area contributed by atoms with Gasteiger partial charge < -0.3 is 4.98 Å². The number of aromatic nitrogens is 1. The summed E-state index contributed by atoms with van der Waals surface area (Å²) in [5, 5.41) is 1.63. The van der Waals surface area contributed by atoms with Crippen molar-refractivity contribution in [2.75, 3.05) is 0 Å². The first kappa shape index (κ1) is 9.93. The smallest absolute Gasteiger partial charge is 0.256 e. The number of H-pyrrole nitrogens is 1. The van der Waals surface area contributed by atoms with Crippen molar-refractivity contribution in [3.05, 3.63) is 43.2 Å². The molecule has 1 heterocycles. The van der Waals surface area contributed by atoms with E-state index >= 15 is 0 Å². The normalized spacial score (nSPS) is 10.8. The van der Waals surface area contributed by atoms with E-state index in [1.165, 1.54) is 0 Å². The molecule has 0 radical (unpaired) electrons. The Bertz CT molecular complexity index is 560. The quantitative estimate of drug-likeness (QED) is 0.794. The lowest BCUT2D eigenvalue weighted by atomic mass is 10.1. The summed E-state index contributed by atoms with van der Waals surface area (Å²) in [5.41, 5.74) is 0.800. The molecular formula is C10H7Br2NO. The van der Waals surface area contributed by atoms with Gasteiger partial charge in [0.2, 0.25) is 0 Å². The first-order chi connectivity index (χ1) is 6.59. The molecule has 0 aliphatic carbocycles. The van der Waals surface area contributed by atoms with Gasteiger partial charge in [-0.05, 0) is 41.1 Å². The highest BCUT2D eigenvalue weighted by Gasteiger charge is 2.05. The van der Waals surface area contributed by atoms with Crippen LogP contribution in [0.2, 0.25) is 0 Å². The maximum atomic E-state index is 11.6. The molecule has 0 fully saturated rings. The molecular weight excluding hydrogens is 310 g/mol. The van der Waals surface area contributed by atoms with Crippen LogP contribution in [0.3, 0.4) is 0 Å². The lowest BCUT2D eigenvalue weighted by Gasteiger charge is -2.03. The number of benzene rings is 1. The number of aryl methyl sites for hydroxylation is 1. The molecule has 0 unspecified atom stereocenters. The van der Waals surface area contributed by atoms with E-state index in [9.17, 15) is 4.79 Å². The second-order valence-corrected chi connectivity index (χ2v) is 4.79. The average Bonchev–Trinajstić information content (AvgIpc) is 2.14. The van der Waals surface area contributed by atoms with Crippen LogP contribution in [0.15, 0.2) is 31.9 Å². The highest BCUT2D eigenvalue weighted by molar-refractivity contribution is 9.11. The number of halogens is 2. The number of nitrogens with one attached hydrogen (secondary N) is 1. The Balaban J connectivity index is 3.03. The summed E-state index contributed by atoms with van der Waals surface area (Å²) >= 11 is 6.84. The molecule has 0 spiro atoms. The molecule has 1 N–H and O–H groups in total. The Morgan fingerprint density at radius 3 is 2.64 bits per heavy atom. The summed E-state index contributed by atoms with van der Waals surface area (Å²) in [5.74, 6) is 0. The summed E-state index contributed by atoms with van der Waals surface area (Å²) in [6, 6.07) is 5.60. The topological polar surface area (TPSA) is 32.9 Å². The van der Waals surface area contributed by atoms with Crippen LogP contribution in [0.25, 0.3) is 10.8 Å². The van der Waals surface area contributed by atoms with Crippen molar-refractivity contribution in [2.45, 2.75) is 6.92 Å². The fraction of sp³-hybridized carbons (Fsp3) is 0.100. The van der Waals surface area contributed by atoms with Gasteiger partial charge in [0, 0.05) is 25.4 Å². The number of rotatable bonds is 0. The molecule has 1 aromatic heterocycles. The second kappa shape index (κ2) is 3.51. The molecule has 2 aromatic rings. The van der Waals surface area contributed by atoms with Crippen molar-refractivity contribution in [1.29, 1.82) is 0 Å². The van der Waals surface area contributed by atoms with Crippen LogP contribution in [-0.2, 0) is 0 Å². The Hall–Kier alpha value is -0.610. The maximum absolute atomic E-state index is 11.6. The van der Waals surface area contributed by atoms with E-state index in [0.29, 0.717) is 5.39 Å². The fourth-order valence-electron chi connectivity index (χ4n) is 1.39. The third-order valence-corrected chi connectivity index (χ3v) is 3.61. The minimum Gasteiger partial charge on any atom is -0.325 e. The third kappa shape index (κ3) is 1.53. The van der Waals surface area contributed by atoms with Gasteiger partial charge in [0.25, 0.3) is 5.56 Å². The number of hydrogen-bond donors (Lipinski definition) is 1. The minimum absolute atomic E-state index is 0.0480. The van der Waals surface area contributed by atoms with Crippen LogP contribution in [-0.4, -0.2) is 4.98 Å². The molecule has 0 aliphatic rings. The van der Waals surface area contributed by atoms with Gasteiger partial charge in [0.1, 0.15) is 0 Å². The standard InChI is InChI=1S/C10H7Br2NO/c1-5-9(12)8-4-6(11)2-3-7(8)10(14)13-5/h2-4H,1H3,(H,13,14). The van der Waals surface area contributed by atoms with E-state index in [1.54, 1.807) is 0 Å². The molecule has 14 heavy (non-hydrogen) atoms. The third-order valence-electron chi connectivity index (χ3n) is 2.09. The van der Waals surface area contributed by atoms with Crippen LogP contribution in [0, 0.1) is 6.92 Å². The predicted molar refractivity (Wildman–Crippen MR) is 64.7 cm³/mol. The SMILES string of the molecule is Cc1[nH]c(=O)c2ccc(Br)cc2c1Br. The van der Waals surface area contributed by atoms with Gasteiger partial charge in [-0.1, -0.05) is 15.9 Å². The average molecular weight is 317 g/mol. The predicted octanol–water partition coefficient (Wildman–Crippen LogP) is 3.36. The summed E-state index contributed by atoms with van der Waals surface area (Å²) in [7, 11) is 0. The number of aromatic amines is 1. The van der Waals surface area contributed by atoms with Gasteiger partial charge >= 0.3 is 0 Å². The molecule has 0 aliphatic heterocycles. The zero-order chi connectivity index (χ0) is 10.3. The highest BCUT2D eigenvalue weighted by Crippen LogP contribution is 2.26. The monoisotopic (exact) mass is 315 g/mol. The molecule has 0 amide bonds. The number of hydrogen-bond acceptors (Lipinski definition) is 1. The Morgan fingerprint density at radius 1 is 1.21 bits per heavy atom. The van der Waals surface area contributed by atoms with Crippen LogP contribution >= 0.6 is 31.9 Å². The zero-order valence-corrected chi connectivity index (χ0v) is 10.6. The van der Waals surface area contributed by atoms with Gasteiger partial charge in [-0.15, -0.1) is 0 Å². The minimum atomic E-state index is -0.0480. The molecule has 0 bridgehead atoms. The highest BCUT2D eigenvalue weighted by atomic mass is 79.9. The van der Waals surface area contributed by atoms with Crippen LogP contribution in [0.4, 0.5) is 0 Å². The Labute approximate surface area is 97.6 Å². The van der Waals surface area contributed by atoms with Gasteiger partial charge in [-0.3, -0.25) is 4.79 Å². The summed E-state index contributed by atoms with van der Waals surface area (Å²) < 4.78 is 1.91. The zero-order valence-electron chi connectivity index (χ0n) is 7.40. The van der Waals surface area contributed by atoms with Crippen molar-refractivity contribution in [2.24, 2.45) is 0 Å². The van der Waals surface area contributed by atoms with Crippen LogP contribution in [0.5, 0.6) is 0 Å². The van der Waals surface area contributed by atoms with Crippen molar-refractivity contribution in [3.63, 3.8) is 0 Å². The Morgan fingerprint density at radius 2 is 1.93 bits per heavy atom. The summed E-state index contributed by atoms with van der Waals surface area (Å²) in [4.78, 5) is 14.4. The van der Waals surface area contributed by atoms with Gasteiger partial charge in [-0.2, -0.15) is 0 Å². The van der Waals surface area contributed by atoms with Gasteiger partial charge in [-0.25, -0.2) is 0 Å². The van der Waals surface area contributed by atoms with E-state index in [2.05, 4.69) is 36.8 Å². The van der Waals surface area contributed by atoms with Crippen molar-refractivity contribution in [3.8, 4) is 0 Å². The Kier molecular flexibility index (Phi) is 2.49. The van der Waals surface area contributed by atoms with Crippen LogP contribution < -0.4 is 5.56 Å². The lowest BCUT2D eigenvalue weighted by molar-refractivity contribution is 1.15. The van der Waals surface area contributed by atoms with E-state index in [0.717, 1.165) is 20.0 Å². The van der Waals surface area contributed by atoms with E-state index in [1.807, 2.05) is 25.1 Å². The van der Waals surface area contributed by atoms with E-state index < -0.39 is 0 Å². The lowest BCUT2D eigenvalue weighted by Crippen LogP contribution is -2.08. The first-order valence-corrected chi connectivity index (χ1v) is 5.66. The van der Waals surface area contributed by atoms with Crippen molar-refractivity contribution in [1.82, 2.24) is 4.98 Å². The fourth-order valence-corrected chi connectivity index (χ4v) is 2.18. The molecule has 0 saturated heterocycles. The van der Waals surface area contributed by atoms with Gasteiger partial charge in [0.05, 0.1) is 0 Å². The van der Waals surface area contributed by atoms with Crippen molar-refractivity contribution < 1.29 is 0 Å². The molecule has 0 atom stereocenters.